The average Bonchev–Trinajstić information content (AvgIpc) is 3.20. The summed E-state index contributed by atoms with van der Waals surface area (Å²) in [6.07, 6.45) is 4.06. The molecule has 30 heavy (non-hydrogen) atoms. The molecule has 0 bridgehead atoms. The van der Waals surface area contributed by atoms with Crippen LogP contribution in [0.25, 0.3) is 0 Å². The smallest absolute Gasteiger partial charge is 0.228 e. The SMILES string of the molecule is O=C([C@@H]1CC(=O)N(c2ccc3c(c2)OCCO3)C1)N1CCN(c2cc[nH+]cc2)CC1. The van der Waals surface area contributed by atoms with Crippen molar-refractivity contribution in [1.82, 2.24) is 4.90 Å². The molecule has 2 fully saturated rings. The lowest BCUT2D eigenvalue weighted by molar-refractivity contribution is -0.377. The van der Waals surface area contributed by atoms with Crippen molar-refractivity contribution in [2.45, 2.75) is 6.42 Å². The lowest BCUT2D eigenvalue weighted by Gasteiger charge is -2.36. The number of aromatic amines is 1. The van der Waals surface area contributed by atoms with E-state index in [4.69, 9.17) is 9.47 Å². The van der Waals surface area contributed by atoms with Crippen molar-refractivity contribution >= 4 is 23.2 Å². The number of aromatic nitrogens is 1. The molecular weight excluding hydrogens is 384 g/mol. The molecule has 0 saturated carbocycles. The van der Waals surface area contributed by atoms with Gasteiger partial charge in [0.05, 0.1) is 5.92 Å². The number of amides is 2. The van der Waals surface area contributed by atoms with Crippen LogP contribution in [0.5, 0.6) is 11.5 Å². The summed E-state index contributed by atoms with van der Waals surface area (Å²) < 4.78 is 11.2. The van der Waals surface area contributed by atoms with E-state index in [0.717, 1.165) is 24.5 Å². The zero-order chi connectivity index (χ0) is 20.5. The first-order chi connectivity index (χ1) is 14.7. The topological polar surface area (TPSA) is 76.5 Å². The molecule has 8 heteroatoms. The molecule has 1 N–H and O–H groups in total. The van der Waals surface area contributed by atoms with Gasteiger partial charge in [0.2, 0.25) is 11.8 Å². The van der Waals surface area contributed by atoms with Gasteiger partial charge in [0.1, 0.15) is 13.2 Å². The minimum Gasteiger partial charge on any atom is -0.486 e. The van der Waals surface area contributed by atoms with Crippen LogP contribution in [0.4, 0.5) is 11.4 Å². The number of piperazine rings is 1. The Morgan fingerprint density at radius 1 is 0.933 bits per heavy atom. The molecular formula is C22H25N4O4+. The van der Waals surface area contributed by atoms with Crippen molar-refractivity contribution in [2.75, 3.05) is 55.7 Å². The first kappa shape index (κ1) is 18.7. The minimum atomic E-state index is -0.302. The Morgan fingerprint density at radius 2 is 1.67 bits per heavy atom. The Hall–Kier alpha value is -3.29. The molecule has 156 valence electrons. The number of carbonyl (C=O) groups excluding carboxylic acids is 2. The number of fused-ring (bicyclic) bond motifs is 1. The van der Waals surface area contributed by atoms with Crippen molar-refractivity contribution in [3.63, 3.8) is 0 Å². The second kappa shape index (κ2) is 7.85. The number of anilines is 2. The van der Waals surface area contributed by atoms with Crippen molar-refractivity contribution in [1.29, 1.82) is 0 Å². The molecule has 5 rings (SSSR count). The maximum Gasteiger partial charge on any atom is 0.228 e. The predicted octanol–water partition coefficient (Wildman–Crippen LogP) is 0.974. The summed E-state index contributed by atoms with van der Waals surface area (Å²) in [5.74, 6) is 1.09. The van der Waals surface area contributed by atoms with E-state index in [9.17, 15) is 9.59 Å². The predicted molar refractivity (Wildman–Crippen MR) is 110 cm³/mol. The summed E-state index contributed by atoms with van der Waals surface area (Å²) in [7, 11) is 0. The minimum absolute atomic E-state index is 0.0239. The zero-order valence-electron chi connectivity index (χ0n) is 16.8. The maximum absolute atomic E-state index is 13.1. The van der Waals surface area contributed by atoms with E-state index in [1.54, 1.807) is 4.90 Å². The number of ether oxygens (including phenoxy) is 2. The number of rotatable bonds is 3. The molecule has 2 saturated heterocycles. The molecule has 2 amide bonds. The van der Waals surface area contributed by atoms with Gasteiger partial charge in [-0.1, -0.05) is 0 Å². The number of hydrogen-bond acceptors (Lipinski definition) is 5. The summed E-state index contributed by atoms with van der Waals surface area (Å²) in [5.41, 5.74) is 1.91. The molecule has 1 aromatic heterocycles. The number of carbonyl (C=O) groups is 2. The normalized spacial score (nSPS) is 21.1. The third kappa shape index (κ3) is 3.53. The summed E-state index contributed by atoms with van der Waals surface area (Å²) in [6.45, 7) is 4.37. The van der Waals surface area contributed by atoms with Crippen LogP contribution < -0.4 is 24.3 Å². The Morgan fingerprint density at radius 3 is 2.43 bits per heavy atom. The van der Waals surface area contributed by atoms with Crippen LogP contribution in [0.2, 0.25) is 0 Å². The van der Waals surface area contributed by atoms with Gasteiger partial charge in [0, 0.05) is 68.7 Å². The van der Waals surface area contributed by atoms with Gasteiger partial charge >= 0.3 is 0 Å². The van der Waals surface area contributed by atoms with Crippen LogP contribution in [0, 0.1) is 5.92 Å². The first-order valence-corrected chi connectivity index (χ1v) is 10.4. The lowest BCUT2D eigenvalue weighted by Crippen LogP contribution is -2.50. The fourth-order valence-electron chi connectivity index (χ4n) is 4.35. The third-order valence-corrected chi connectivity index (χ3v) is 5.97. The molecule has 2 aromatic rings. The van der Waals surface area contributed by atoms with Crippen LogP contribution in [-0.4, -0.2) is 62.7 Å². The summed E-state index contributed by atoms with van der Waals surface area (Å²) in [5, 5.41) is 0. The summed E-state index contributed by atoms with van der Waals surface area (Å²) in [6, 6.07) is 9.59. The Labute approximate surface area is 175 Å². The Balaban J connectivity index is 1.22. The van der Waals surface area contributed by atoms with E-state index >= 15 is 0 Å². The number of nitrogens with zero attached hydrogens (tertiary/aromatic N) is 3. The maximum atomic E-state index is 13.1. The number of hydrogen-bond donors (Lipinski definition) is 0. The highest BCUT2D eigenvalue weighted by atomic mass is 16.6. The highest BCUT2D eigenvalue weighted by Crippen LogP contribution is 2.36. The van der Waals surface area contributed by atoms with Gasteiger partial charge in [-0.25, -0.2) is 4.98 Å². The molecule has 3 aliphatic heterocycles. The average molecular weight is 409 g/mol. The third-order valence-electron chi connectivity index (χ3n) is 5.97. The number of nitrogens with one attached hydrogen (secondary N) is 1. The largest absolute Gasteiger partial charge is 0.486 e. The van der Waals surface area contributed by atoms with E-state index in [2.05, 4.69) is 9.88 Å². The van der Waals surface area contributed by atoms with Crippen LogP contribution in [0.15, 0.2) is 42.7 Å². The van der Waals surface area contributed by atoms with E-state index in [-0.39, 0.29) is 24.2 Å². The molecule has 1 atom stereocenters. The first-order valence-electron chi connectivity index (χ1n) is 10.4. The molecule has 0 spiro atoms. The monoisotopic (exact) mass is 409 g/mol. The van der Waals surface area contributed by atoms with Crippen LogP contribution in [0.3, 0.4) is 0 Å². The molecule has 4 heterocycles. The van der Waals surface area contributed by atoms with E-state index < -0.39 is 0 Å². The van der Waals surface area contributed by atoms with Crippen molar-refractivity contribution in [2.24, 2.45) is 5.92 Å². The van der Waals surface area contributed by atoms with Gasteiger partial charge in [-0.3, -0.25) is 9.59 Å². The van der Waals surface area contributed by atoms with Gasteiger partial charge in [-0.05, 0) is 12.1 Å². The van der Waals surface area contributed by atoms with Gasteiger partial charge in [0.25, 0.3) is 0 Å². The quantitative estimate of drug-likeness (QED) is 0.755. The second-order valence-corrected chi connectivity index (χ2v) is 7.80. The van der Waals surface area contributed by atoms with Crippen molar-refractivity contribution < 1.29 is 24.0 Å². The molecule has 0 unspecified atom stereocenters. The highest BCUT2D eigenvalue weighted by Gasteiger charge is 2.38. The molecule has 3 aliphatic rings. The fourth-order valence-corrected chi connectivity index (χ4v) is 4.35. The van der Waals surface area contributed by atoms with Crippen molar-refractivity contribution in [3.8, 4) is 11.5 Å². The number of H-pyrrole nitrogens is 1. The van der Waals surface area contributed by atoms with Crippen molar-refractivity contribution in [3.05, 3.63) is 42.7 Å². The van der Waals surface area contributed by atoms with Crippen LogP contribution in [-0.2, 0) is 9.59 Å². The van der Waals surface area contributed by atoms with Gasteiger partial charge in [-0.2, -0.15) is 0 Å². The molecule has 0 aliphatic carbocycles. The van der Waals surface area contributed by atoms with E-state index in [0.29, 0.717) is 44.3 Å². The van der Waals surface area contributed by atoms with Crippen LogP contribution >= 0.6 is 0 Å². The van der Waals surface area contributed by atoms with Gasteiger partial charge in [-0.15, -0.1) is 0 Å². The fraction of sp³-hybridized carbons (Fsp3) is 0.409. The van der Waals surface area contributed by atoms with Gasteiger partial charge in [0.15, 0.2) is 23.9 Å². The summed E-state index contributed by atoms with van der Waals surface area (Å²) >= 11 is 0. The standard InChI is InChI=1S/C22H24N4O4/c27-21-13-16(15-26(21)18-1-2-19-20(14-18)30-12-11-29-19)22(28)25-9-7-24(8-10-25)17-3-5-23-6-4-17/h1-6,14,16H,7-13,15H2/p+1/t16-/m1/s1. The number of benzene rings is 1. The Kier molecular flexibility index (Phi) is 4.90. The number of pyridine rings is 1. The second-order valence-electron chi connectivity index (χ2n) is 7.80. The zero-order valence-corrected chi connectivity index (χ0v) is 16.8. The Bertz CT molecular complexity index is 943. The molecule has 1 aromatic carbocycles. The summed E-state index contributed by atoms with van der Waals surface area (Å²) in [4.78, 5) is 34.6. The highest BCUT2D eigenvalue weighted by molar-refractivity contribution is 6.00. The van der Waals surface area contributed by atoms with E-state index in [1.165, 1.54) is 0 Å². The molecule has 0 radical (unpaired) electrons. The lowest BCUT2D eigenvalue weighted by atomic mass is 10.1. The van der Waals surface area contributed by atoms with Crippen LogP contribution in [0.1, 0.15) is 6.42 Å². The molecule has 8 nitrogen and oxygen atoms in total. The van der Waals surface area contributed by atoms with E-state index in [1.807, 2.05) is 47.6 Å². The van der Waals surface area contributed by atoms with Gasteiger partial charge < -0.3 is 24.2 Å².